The van der Waals surface area contributed by atoms with Gasteiger partial charge in [-0.25, -0.2) is 4.79 Å². The first kappa shape index (κ1) is 33.8. The van der Waals surface area contributed by atoms with Gasteiger partial charge in [0, 0.05) is 5.56 Å². The normalized spacial score (nSPS) is 13.9. The van der Waals surface area contributed by atoms with E-state index >= 15 is 0 Å². The van der Waals surface area contributed by atoms with Gasteiger partial charge < -0.3 is 18.9 Å². The number of carbonyl (C=O) groups is 3. The number of nitrogens with zero attached hydrogens (tertiary/aromatic N) is 1. The van der Waals surface area contributed by atoms with Crippen molar-refractivity contribution in [3.05, 3.63) is 113 Å². The first-order chi connectivity index (χ1) is 23.4. The summed E-state index contributed by atoms with van der Waals surface area (Å²) in [5.74, 6) is 0.624. The van der Waals surface area contributed by atoms with Crippen molar-refractivity contribution < 1.29 is 33.3 Å². The zero-order valence-electron chi connectivity index (χ0n) is 27.5. The summed E-state index contributed by atoms with van der Waals surface area (Å²) in [7, 11) is 0. The number of rotatable bonds is 15. The van der Waals surface area contributed by atoms with Gasteiger partial charge in [-0.05, 0) is 84.5 Å². The van der Waals surface area contributed by atoms with Crippen molar-refractivity contribution in [3.8, 4) is 23.0 Å². The van der Waals surface area contributed by atoms with Gasteiger partial charge in [0.25, 0.3) is 11.8 Å². The van der Waals surface area contributed by atoms with Crippen LogP contribution >= 0.6 is 0 Å². The summed E-state index contributed by atoms with van der Waals surface area (Å²) in [6.45, 7) is 11.2. The van der Waals surface area contributed by atoms with Gasteiger partial charge in [0.2, 0.25) is 0 Å². The van der Waals surface area contributed by atoms with Crippen LogP contribution in [0.1, 0.15) is 49.4 Å². The van der Waals surface area contributed by atoms with Crippen molar-refractivity contribution >= 4 is 34.7 Å². The molecule has 0 aromatic heterocycles. The third-order valence-electron chi connectivity index (χ3n) is 7.68. The predicted molar refractivity (Wildman–Crippen MR) is 185 cm³/mol. The molecular weight excluding hydrogens is 608 g/mol. The Morgan fingerprint density at radius 1 is 0.792 bits per heavy atom. The van der Waals surface area contributed by atoms with Crippen LogP contribution in [0, 0.1) is 0 Å². The number of amides is 4. The average Bonchev–Trinajstić information content (AvgIpc) is 3.08. The average molecular weight is 649 g/mol. The van der Waals surface area contributed by atoms with Crippen LogP contribution in [0.15, 0.2) is 91.0 Å². The number of urea groups is 1. The predicted octanol–water partition coefficient (Wildman–Crippen LogP) is 7.40. The van der Waals surface area contributed by atoms with Crippen LogP contribution in [0.3, 0.4) is 0 Å². The van der Waals surface area contributed by atoms with Gasteiger partial charge in [-0.3, -0.25) is 19.8 Å². The Morgan fingerprint density at radius 2 is 1.56 bits per heavy atom. The Hall–Kier alpha value is -5.57. The van der Waals surface area contributed by atoms with Gasteiger partial charge in [-0.15, -0.1) is 6.58 Å². The molecule has 9 heteroatoms. The monoisotopic (exact) mass is 648 g/mol. The number of carbonyl (C=O) groups excluding carboxylic acids is 3. The molecule has 4 amide bonds. The van der Waals surface area contributed by atoms with Crippen LogP contribution < -0.4 is 24.3 Å². The first-order valence-electron chi connectivity index (χ1n) is 16.1. The van der Waals surface area contributed by atoms with Gasteiger partial charge >= 0.3 is 6.03 Å². The van der Waals surface area contributed by atoms with E-state index in [9.17, 15) is 14.4 Å². The van der Waals surface area contributed by atoms with E-state index in [-0.39, 0.29) is 12.1 Å². The molecule has 1 saturated heterocycles. The maximum atomic E-state index is 13.7. The van der Waals surface area contributed by atoms with Crippen molar-refractivity contribution in [2.45, 2.75) is 46.8 Å². The Morgan fingerprint density at radius 3 is 2.33 bits per heavy atom. The standard InChI is InChI=1S/C39H40N2O7/c1-5-12-29-20-27(23-35(46-8-4)36(29)48-25-30-15-11-14-28-13-9-10-16-31(28)30)21-32-37(42)40-39(44)41(38(32)43)24-26-17-18-33(47-19-6-2)34(22-26)45-7-3/h5,9-11,13-18,20-23H,1,6-8,12,19,24-25H2,2-4H3,(H,40,42,44)/b32-21+. The molecule has 248 valence electrons. The molecule has 1 aliphatic heterocycles. The lowest BCUT2D eigenvalue weighted by atomic mass is 10.0. The fourth-order valence-electron chi connectivity index (χ4n) is 5.51. The molecule has 1 N–H and O–H groups in total. The summed E-state index contributed by atoms with van der Waals surface area (Å²) < 4.78 is 23.9. The molecule has 4 aromatic carbocycles. The quantitative estimate of drug-likeness (QED) is 0.0814. The second-order valence-corrected chi connectivity index (χ2v) is 11.1. The number of ether oxygens (including phenoxy) is 4. The molecule has 1 aliphatic rings. The molecule has 0 saturated carbocycles. The van der Waals surface area contributed by atoms with E-state index in [1.54, 1.807) is 30.3 Å². The van der Waals surface area contributed by atoms with Crippen molar-refractivity contribution in [2.24, 2.45) is 0 Å². The van der Waals surface area contributed by atoms with Crippen molar-refractivity contribution in [1.82, 2.24) is 10.2 Å². The molecule has 0 unspecified atom stereocenters. The summed E-state index contributed by atoms with van der Waals surface area (Å²) in [4.78, 5) is 40.6. The van der Waals surface area contributed by atoms with E-state index in [0.29, 0.717) is 67.0 Å². The van der Waals surface area contributed by atoms with E-state index < -0.39 is 17.8 Å². The lowest BCUT2D eigenvalue weighted by molar-refractivity contribution is -0.130. The fraction of sp³-hybridized carbons (Fsp3) is 0.256. The van der Waals surface area contributed by atoms with Crippen LogP contribution in [0.5, 0.6) is 23.0 Å². The SMILES string of the molecule is C=CCc1cc(/C=C2\C(=O)NC(=O)N(Cc3ccc(OCCC)c(OCC)c3)C2=O)cc(OCC)c1OCc1cccc2ccccc12. The molecule has 4 aromatic rings. The second kappa shape index (κ2) is 15.8. The molecule has 0 bridgehead atoms. The maximum Gasteiger partial charge on any atom is 0.331 e. The van der Waals surface area contributed by atoms with Crippen molar-refractivity contribution in [1.29, 1.82) is 0 Å². The molecule has 1 heterocycles. The summed E-state index contributed by atoms with van der Waals surface area (Å²) in [6.07, 6.45) is 4.50. The third-order valence-corrected chi connectivity index (χ3v) is 7.68. The van der Waals surface area contributed by atoms with Crippen molar-refractivity contribution in [2.75, 3.05) is 19.8 Å². The highest BCUT2D eigenvalue weighted by Crippen LogP contribution is 2.36. The van der Waals surface area contributed by atoms with Crippen LogP contribution in [0.25, 0.3) is 16.8 Å². The number of allylic oxidation sites excluding steroid dienone is 1. The molecule has 0 radical (unpaired) electrons. The second-order valence-electron chi connectivity index (χ2n) is 11.1. The summed E-state index contributed by atoms with van der Waals surface area (Å²) >= 11 is 0. The molecule has 5 rings (SSSR count). The highest BCUT2D eigenvalue weighted by molar-refractivity contribution is 6.31. The molecule has 1 fully saturated rings. The van der Waals surface area contributed by atoms with Gasteiger partial charge in [-0.2, -0.15) is 0 Å². The van der Waals surface area contributed by atoms with Crippen LogP contribution in [-0.2, 0) is 29.2 Å². The van der Waals surface area contributed by atoms with Crippen LogP contribution in [-0.4, -0.2) is 42.6 Å². The summed E-state index contributed by atoms with van der Waals surface area (Å²) in [5.41, 5.74) is 2.79. The summed E-state index contributed by atoms with van der Waals surface area (Å²) in [5, 5.41) is 4.52. The Balaban J connectivity index is 1.44. The molecule has 48 heavy (non-hydrogen) atoms. The van der Waals surface area contributed by atoms with Gasteiger partial charge in [0.1, 0.15) is 12.2 Å². The van der Waals surface area contributed by atoms with Crippen LogP contribution in [0.4, 0.5) is 4.79 Å². The zero-order chi connectivity index (χ0) is 34.0. The van der Waals surface area contributed by atoms with Crippen LogP contribution in [0.2, 0.25) is 0 Å². The minimum Gasteiger partial charge on any atom is -0.490 e. The number of imide groups is 2. The number of benzene rings is 4. The molecule has 0 spiro atoms. The Labute approximate surface area is 280 Å². The highest BCUT2D eigenvalue weighted by Gasteiger charge is 2.36. The fourth-order valence-corrected chi connectivity index (χ4v) is 5.51. The highest BCUT2D eigenvalue weighted by atomic mass is 16.5. The van der Waals surface area contributed by atoms with E-state index in [4.69, 9.17) is 18.9 Å². The largest absolute Gasteiger partial charge is 0.490 e. The minimum atomic E-state index is -0.800. The molecular formula is C39H40N2O7. The number of fused-ring (bicyclic) bond motifs is 1. The smallest absolute Gasteiger partial charge is 0.331 e. The number of barbiturate groups is 1. The first-order valence-corrected chi connectivity index (χ1v) is 16.1. The van der Waals surface area contributed by atoms with Crippen molar-refractivity contribution in [3.63, 3.8) is 0 Å². The minimum absolute atomic E-state index is 0.0731. The number of hydrogen-bond donors (Lipinski definition) is 1. The van der Waals surface area contributed by atoms with Gasteiger partial charge in [-0.1, -0.05) is 61.5 Å². The van der Waals surface area contributed by atoms with Gasteiger partial charge in [0.15, 0.2) is 23.0 Å². The van der Waals surface area contributed by atoms with E-state index in [0.717, 1.165) is 33.2 Å². The third kappa shape index (κ3) is 7.69. The molecule has 0 atom stereocenters. The molecule has 0 aliphatic carbocycles. The number of hydrogen-bond acceptors (Lipinski definition) is 7. The van der Waals surface area contributed by atoms with E-state index in [2.05, 4.69) is 30.1 Å². The lowest BCUT2D eigenvalue weighted by Crippen LogP contribution is -2.53. The zero-order valence-corrected chi connectivity index (χ0v) is 27.5. The lowest BCUT2D eigenvalue weighted by Gasteiger charge is -2.27. The Bertz CT molecular complexity index is 1860. The molecule has 9 nitrogen and oxygen atoms in total. The summed E-state index contributed by atoms with van der Waals surface area (Å²) in [6, 6.07) is 22.2. The Kier molecular flexibility index (Phi) is 11.1. The topological polar surface area (TPSA) is 103 Å². The number of nitrogens with one attached hydrogen (secondary N) is 1. The maximum absolute atomic E-state index is 13.7. The van der Waals surface area contributed by atoms with Gasteiger partial charge in [0.05, 0.1) is 26.4 Å². The van der Waals surface area contributed by atoms with E-state index in [1.807, 2.05) is 51.1 Å². The van der Waals surface area contributed by atoms with E-state index in [1.165, 1.54) is 6.08 Å².